The predicted octanol–water partition coefficient (Wildman–Crippen LogP) is 2.26. The Morgan fingerprint density at radius 2 is 2.28 bits per heavy atom. The summed E-state index contributed by atoms with van der Waals surface area (Å²) in [5.74, 6) is 0.438. The fourth-order valence-corrected chi connectivity index (χ4v) is 1.55. The van der Waals surface area contributed by atoms with Crippen molar-refractivity contribution in [2.45, 2.75) is 19.4 Å². The molecule has 1 aromatic rings. The normalized spacial score (nSPS) is 11.9. The van der Waals surface area contributed by atoms with Crippen LogP contribution in [0.15, 0.2) is 24.3 Å². The molecule has 0 fully saturated rings. The van der Waals surface area contributed by atoms with Crippen molar-refractivity contribution in [3.05, 3.63) is 29.3 Å². The van der Waals surface area contributed by atoms with Crippen LogP contribution in [0.2, 0.25) is 5.02 Å². The van der Waals surface area contributed by atoms with E-state index in [0.717, 1.165) is 6.42 Å². The van der Waals surface area contributed by atoms with Crippen molar-refractivity contribution >= 4 is 17.5 Å². The van der Waals surface area contributed by atoms with E-state index in [1.54, 1.807) is 38.3 Å². The van der Waals surface area contributed by atoms with E-state index in [1.807, 2.05) is 0 Å². The fraction of sp³-hybridized carbons (Fsp3) is 0.462. The molecule has 0 saturated heterocycles. The number of carbonyl (C=O) groups excluding carboxylic acids is 1. The summed E-state index contributed by atoms with van der Waals surface area (Å²) in [6.07, 6.45) is 0.234. The molecular weight excluding hydrogens is 254 g/mol. The summed E-state index contributed by atoms with van der Waals surface area (Å²) >= 11 is 5.83. The molecule has 18 heavy (non-hydrogen) atoms. The number of ether oxygens (including phenoxy) is 2. The first-order valence-electron chi connectivity index (χ1n) is 5.82. The predicted molar refractivity (Wildman–Crippen MR) is 71.0 cm³/mol. The summed E-state index contributed by atoms with van der Waals surface area (Å²) in [6.45, 7) is 2.91. The molecule has 1 N–H and O–H groups in total. The van der Waals surface area contributed by atoms with Gasteiger partial charge >= 0.3 is 0 Å². The first-order valence-corrected chi connectivity index (χ1v) is 6.20. The summed E-state index contributed by atoms with van der Waals surface area (Å²) < 4.78 is 10.4. The number of rotatable bonds is 7. The van der Waals surface area contributed by atoms with Crippen LogP contribution in [0.1, 0.15) is 13.3 Å². The minimum atomic E-state index is -0.550. The summed E-state index contributed by atoms with van der Waals surface area (Å²) in [5, 5.41) is 3.36. The highest BCUT2D eigenvalue weighted by molar-refractivity contribution is 6.30. The molecule has 4 nitrogen and oxygen atoms in total. The van der Waals surface area contributed by atoms with Gasteiger partial charge in [0.1, 0.15) is 5.75 Å². The van der Waals surface area contributed by atoms with Crippen LogP contribution in [0.4, 0.5) is 0 Å². The first-order chi connectivity index (χ1) is 8.63. The third-order valence-electron chi connectivity index (χ3n) is 2.30. The number of methoxy groups -OCH3 is 1. The lowest BCUT2D eigenvalue weighted by Crippen LogP contribution is -2.37. The van der Waals surface area contributed by atoms with Crippen LogP contribution in [-0.4, -0.2) is 32.3 Å². The van der Waals surface area contributed by atoms with Gasteiger partial charge in [-0.1, -0.05) is 17.7 Å². The van der Waals surface area contributed by atoms with Gasteiger partial charge in [-0.2, -0.15) is 0 Å². The maximum Gasteiger partial charge on any atom is 0.260 e. The highest BCUT2D eigenvalue weighted by Gasteiger charge is 2.13. The van der Waals surface area contributed by atoms with Gasteiger partial charge in [0, 0.05) is 25.3 Å². The lowest BCUT2D eigenvalue weighted by molar-refractivity contribution is -0.127. The van der Waals surface area contributed by atoms with E-state index in [1.165, 1.54) is 0 Å². The zero-order chi connectivity index (χ0) is 13.4. The van der Waals surface area contributed by atoms with Crippen LogP contribution in [0.5, 0.6) is 5.75 Å². The van der Waals surface area contributed by atoms with Crippen molar-refractivity contribution in [3.63, 3.8) is 0 Å². The van der Waals surface area contributed by atoms with Crippen molar-refractivity contribution in [2.75, 3.05) is 20.3 Å². The highest BCUT2D eigenvalue weighted by atomic mass is 35.5. The molecule has 0 aliphatic rings. The van der Waals surface area contributed by atoms with Crippen LogP contribution in [0.3, 0.4) is 0 Å². The van der Waals surface area contributed by atoms with Crippen LogP contribution < -0.4 is 10.1 Å². The monoisotopic (exact) mass is 271 g/mol. The van der Waals surface area contributed by atoms with E-state index in [9.17, 15) is 4.79 Å². The van der Waals surface area contributed by atoms with E-state index in [2.05, 4.69) is 5.32 Å². The largest absolute Gasteiger partial charge is 0.481 e. The Labute approximate surface area is 112 Å². The minimum absolute atomic E-state index is 0.147. The first kappa shape index (κ1) is 14.8. The zero-order valence-electron chi connectivity index (χ0n) is 10.6. The SMILES string of the molecule is COCCCNC(=O)[C@@H](C)Oc1cccc(Cl)c1. The Kier molecular flexibility index (Phi) is 6.54. The Morgan fingerprint density at radius 3 is 2.94 bits per heavy atom. The van der Waals surface area contributed by atoms with Gasteiger partial charge in [0.2, 0.25) is 0 Å². The number of nitrogens with one attached hydrogen (secondary N) is 1. The summed E-state index contributed by atoms with van der Waals surface area (Å²) in [7, 11) is 1.63. The van der Waals surface area contributed by atoms with Gasteiger partial charge in [-0.3, -0.25) is 4.79 Å². The second kappa shape index (κ2) is 7.95. The second-order valence-corrected chi connectivity index (χ2v) is 4.29. The molecule has 1 amide bonds. The number of hydrogen-bond acceptors (Lipinski definition) is 3. The number of benzene rings is 1. The van der Waals surface area contributed by atoms with Gasteiger partial charge < -0.3 is 14.8 Å². The van der Waals surface area contributed by atoms with Crippen molar-refractivity contribution < 1.29 is 14.3 Å². The molecule has 0 unspecified atom stereocenters. The van der Waals surface area contributed by atoms with Gasteiger partial charge in [0.15, 0.2) is 6.10 Å². The molecule has 1 atom stereocenters. The topological polar surface area (TPSA) is 47.6 Å². The third kappa shape index (κ3) is 5.38. The van der Waals surface area contributed by atoms with Crippen LogP contribution in [-0.2, 0) is 9.53 Å². The number of halogens is 1. The molecule has 0 bridgehead atoms. The van der Waals surface area contributed by atoms with Gasteiger partial charge in [0.05, 0.1) is 0 Å². The van der Waals surface area contributed by atoms with Gasteiger partial charge in [-0.05, 0) is 31.5 Å². The molecule has 0 aliphatic heterocycles. The molecule has 0 heterocycles. The van der Waals surface area contributed by atoms with E-state index in [4.69, 9.17) is 21.1 Å². The molecule has 0 radical (unpaired) electrons. The molecular formula is C13H18ClNO3. The summed E-state index contributed by atoms with van der Waals surface area (Å²) in [6, 6.07) is 6.97. The molecule has 5 heteroatoms. The summed E-state index contributed by atoms with van der Waals surface area (Å²) in [5.41, 5.74) is 0. The molecule has 0 saturated carbocycles. The van der Waals surface area contributed by atoms with Crippen LogP contribution >= 0.6 is 11.6 Å². The molecule has 0 aromatic heterocycles. The Hall–Kier alpha value is -1.26. The fourth-order valence-electron chi connectivity index (χ4n) is 1.37. The summed E-state index contributed by atoms with van der Waals surface area (Å²) in [4.78, 5) is 11.7. The standard InChI is InChI=1S/C13H18ClNO3/c1-10(13(16)15-7-4-8-17-2)18-12-6-3-5-11(14)9-12/h3,5-6,9-10H,4,7-8H2,1-2H3,(H,15,16)/t10-/m1/s1. The Morgan fingerprint density at radius 1 is 1.50 bits per heavy atom. The molecule has 0 aliphatic carbocycles. The van der Waals surface area contributed by atoms with E-state index >= 15 is 0 Å². The number of carbonyl (C=O) groups is 1. The van der Waals surface area contributed by atoms with E-state index < -0.39 is 6.10 Å². The Balaban J connectivity index is 2.35. The quantitative estimate of drug-likeness (QED) is 0.774. The van der Waals surface area contributed by atoms with Crippen molar-refractivity contribution in [1.82, 2.24) is 5.32 Å². The molecule has 0 spiro atoms. The second-order valence-electron chi connectivity index (χ2n) is 3.85. The average molecular weight is 272 g/mol. The average Bonchev–Trinajstić information content (AvgIpc) is 2.34. The van der Waals surface area contributed by atoms with E-state index in [-0.39, 0.29) is 5.91 Å². The van der Waals surface area contributed by atoms with Crippen molar-refractivity contribution in [3.8, 4) is 5.75 Å². The maximum atomic E-state index is 11.7. The molecule has 100 valence electrons. The van der Waals surface area contributed by atoms with Gasteiger partial charge in [-0.25, -0.2) is 0 Å². The van der Waals surface area contributed by atoms with Crippen LogP contribution in [0, 0.1) is 0 Å². The van der Waals surface area contributed by atoms with Crippen LogP contribution in [0.25, 0.3) is 0 Å². The smallest absolute Gasteiger partial charge is 0.260 e. The van der Waals surface area contributed by atoms with E-state index in [0.29, 0.717) is 23.9 Å². The van der Waals surface area contributed by atoms with Crippen molar-refractivity contribution in [1.29, 1.82) is 0 Å². The Bertz CT molecular complexity index is 384. The maximum absolute atomic E-state index is 11.7. The van der Waals surface area contributed by atoms with Crippen molar-refractivity contribution in [2.24, 2.45) is 0 Å². The molecule has 1 aromatic carbocycles. The van der Waals surface area contributed by atoms with Gasteiger partial charge in [-0.15, -0.1) is 0 Å². The minimum Gasteiger partial charge on any atom is -0.481 e. The highest BCUT2D eigenvalue weighted by Crippen LogP contribution is 2.18. The number of hydrogen-bond donors (Lipinski definition) is 1. The number of amides is 1. The zero-order valence-corrected chi connectivity index (χ0v) is 11.4. The lowest BCUT2D eigenvalue weighted by atomic mass is 10.3. The molecule has 1 rings (SSSR count). The van der Waals surface area contributed by atoms with Gasteiger partial charge in [0.25, 0.3) is 5.91 Å². The third-order valence-corrected chi connectivity index (χ3v) is 2.54. The lowest BCUT2D eigenvalue weighted by Gasteiger charge is -2.14.